The van der Waals surface area contributed by atoms with Crippen LogP contribution in [-0.4, -0.2) is 26.8 Å². The van der Waals surface area contributed by atoms with E-state index in [-0.39, 0.29) is 5.97 Å². The van der Waals surface area contributed by atoms with E-state index in [0.717, 1.165) is 0 Å². The summed E-state index contributed by atoms with van der Waals surface area (Å²) >= 11 is 0. The summed E-state index contributed by atoms with van der Waals surface area (Å²) in [5.74, 6) is -0.308. The summed E-state index contributed by atoms with van der Waals surface area (Å²) in [4.78, 5) is 10.7. The number of carbonyl (C=O) groups is 1. The number of methoxy groups -OCH3 is 2. The Hall–Kier alpha value is -0.830. The van der Waals surface area contributed by atoms with Crippen LogP contribution in [0.3, 0.4) is 0 Å². The van der Waals surface area contributed by atoms with Crippen LogP contribution < -0.4 is 0 Å². The van der Waals surface area contributed by atoms with Crippen molar-refractivity contribution >= 4 is 5.97 Å². The second kappa shape index (κ2) is 4.99. The van der Waals surface area contributed by atoms with Gasteiger partial charge in [-0.3, -0.25) is 0 Å². The fourth-order valence-corrected chi connectivity index (χ4v) is 0.453. The van der Waals surface area contributed by atoms with E-state index in [4.69, 9.17) is 4.74 Å². The maximum absolute atomic E-state index is 10.7. The van der Waals surface area contributed by atoms with Gasteiger partial charge < -0.3 is 9.47 Å². The first-order valence-electron chi connectivity index (χ1n) is 2.96. The standard InChI is InChI=1S/C7H12O3/c1-6(4-5-9-2)7(8)10-3/h4H,5H2,1-3H3/b6-4-. The van der Waals surface area contributed by atoms with Gasteiger partial charge in [0, 0.05) is 12.7 Å². The average molecular weight is 144 g/mol. The highest BCUT2D eigenvalue weighted by atomic mass is 16.5. The molecule has 0 rings (SSSR count). The Bertz CT molecular complexity index is 138. The lowest BCUT2D eigenvalue weighted by molar-refractivity contribution is -0.136. The number of rotatable bonds is 3. The van der Waals surface area contributed by atoms with Gasteiger partial charge in [0.2, 0.25) is 0 Å². The van der Waals surface area contributed by atoms with Crippen LogP contribution in [0, 0.1) is 0 Å². The van der Waals surface area contributed by atoms with Gasteiger partial charge in [-0.1, -0.05) is 0 Å². The van der Waals surface area contributed by atoms with Crippen molar-refractivity contribution in [2.45, 2.75) is 6.92 Å². The number of carbonyl (C=O) groups excluding carboxylic acids is 1. The van der Waals surface area contributed by atoms with E-state index >= 15 is 0 Å². The van der Waals surface area contributed by atoms with Crippen LogP contribution in [0.25, 0.3) is 0 Å². The molecule has 0 radical (unpaired) electrons. The number of hydrogen-bond acceptors (Lipinski definition) is 3. The molecule has 58 valence electrons. The summed E-state index contributed by atoms with van der Waals surface area (Å²) in [7, 11) is 2.92. The third kappa shape index (κ3) is 3.25. The van der Waals surface area contributed by atoms with Gasteiger partial charge in [-0.05, 0) is 13.0 Å². The average Bonchev–Trinajstić information content (AvgIpc) is 1.98. The number of esters is 1. The Morgan fingerprint density at radius 2 is 2.10 bits per heavy atom. The first-order valence-corrected chi connectivity index (χ1v) is 2.96. The number of ether oxygens (including phenoxy) is 2. The zero-order valence-corrected chi connectivity index (χ0v) is 6.51. The van der Waals surface area contributed by atoms with Crippen molar-refractivity contribution in [1.29, 1.82) is 0 Å². The van der Waals surface area contributed by atoms with Crippen LogP contribution in [0.1, 0.15) is 6.92 Å². The van der Waals surface area contributed by atoms with Gasteiger partial charge in [0.25, 0.3) is 0 Å². The first-order chi connectivity index (χ1) is 4.72. The van der Waals surface area contributed by atoms with Crippen LogP contribution >= 0.6 is 0 Å². The molecule has 0 N–H and O–H groups in total. The van der Waals surface area contributed by atoms with Crippen molar-refractivity contribution in [3.05, 3.63) is 11.6 Å². The molecule has 0 unspecified atom stereocenters. The fourth-order valence-electron chi connectivity index (χ4n) is 0.453. The molecular weight excluding hydrogens is 132 g/mol. The van der Waals surface area contributed by atoms with E-state index in [0.29, 0.717) is 12.2 Å². The van der Waals surface area contributed by atoms with E-state index in [1.54, 1.807) is 20.1 Å². The Labute approximate surface area is 60.6 Å². The molecule has 0 saturated heterocycles. The highest BCUT2D eigenvalue weighted by molar-refractivity contribution is 5.87. The van der Waals surface area contributed by atoms with E-state index in [1.165, 1.54) is 7.11 Å². The van der Waals surface area contributed by atoms with Crippen molar-refractivity contribution in [2.75, 3.05) is 20.8 Å². The van der Waals surface area contributed by atoms with Crippen LogP contribution in [0.15, 0.2) is 11.6 Å². The summed E-state index contributed by atoms with van der Waals surface area (Å²) in [6, 6.07) is 0. The Kier molecular flexibility index (Phi) is 4.58. The van der Waals surface area contributed by atoms with Crippen molar-refractivity contribution in [3.63, 3.8) is 0 Å². The van der Waals surface area contributed by atoms with Crippen LogP contribution in [0.5, 0.6) is 0 Å². The van der Waals surface area contributed by atoms with E-state index in [1.807, 2.05) is 0 Å². The van der Waals surface area contributed by atoms with Gasteiger partial charge in [0.05, 0.1) is 13.7 Å². The van der Waals surface area contributed by atoms with Gasteiger partial charge >= 0.3 is 5.97 Å². The quantitative estimate of drug-likeness (QED) is 0.433. The zero-order chi connectivity index (χ0) is 7.98. The van der Waals surface area contributed by atoms with Crippen molar-refractivity contribution in [2.24, 2.45) is 0 Å². The molecule has 0 aliphatic rings. The Morgan fingerprint density at radius 1 is 1.50 bits per heavy atom. The second-order valence-corrected chi connectivity index (χ2v) is 1.83. The molecule has 0 heterocycles. The molecule has 0 bridgehead atoms. The molecule has 0 aromatic heterocycles. The van der Waals surface area contributed by atoms with Gasteiger partial charge in [-0.25, -0.2) is 4.79 Å². The maximum atomic E-state index is 10.7. The predicted octanol–water partition coefficient (Wildman–Crippen LogP) is 0.752. The van der Waals surface area contributed by atoms with Gasteiger partial charge in [-0.15, -0.1) is 0 Å². The highest BCUT2D eigenvalue weighted by Crippen LogP contribution is 1.93. The monoisotopic (exact) mass is 144 g/mol. The second-order valence-electron chi connectivity index (χ2n) is 1.83. The predicted molar refractivity (Wildman–Crippen MR) is 37.6 cm³/mol. The maximum Gasteiger partial charge on any atom is 0.333 e. The highest BCUT2D eigenvalue weighted by Gasteiger charge is 2.00. The summed E-state index contributed by atoms with van der Waals surface area (Å²) in [5.41, 5.74) is 0.573. The van der Waals surface area contributed by atoms with E-state index in [9.17, 15) is 4.79 Å². The van der Waals surface area contributed by atoms with E-state index in [2.05, 4.69) is 4.74 Å². The van der Waals surface area contributed by atoms with Gasteiger partial charge in [-0.2, -0.15) is 0 Å². The SMILES string of the molecule is COC/C=C(/C)C(=O)OC. The summed E-state index contributed by atoms with van der Waals surface area (Å²) in [6.45, 7) is 2.13. The third-order valence-electron chi connectivity index (χ3n) is 1.06. The number of hydrogen-bond donors (Lipinski definition) is 0. The third-order valence-corrected chi connectivity index (χ3v) is 1.06. The molecule has 0 aliphatic carbocycles. The van der Waals surface area contributed by atoms with Gasteiger partial charge in [0.1, 0.15) is 0 Å². The minimum absolute atomic E-state index is 0.308. The zero-order valence-electron chi connectivity index (χ0n) is 6.51. The lowest BCUT2D eigenvalue weighted by Gasteiger charge is -1.96. The molecule has 0 aromatic rings. The van der Waals surface area contributed by atoms with Crippen molar-refractivity contribution in [3.8, 4) is 0 Å². The fraction of sp³-hybridized carbons (Fsp3) is 0.571. The molecule has 0 fully saturated rings. The lowest BCUT2D eigenvalue weighted by Crippen LogP contribution is -2.02. The lowest BCUT2D eigenvalue weighted by atomic mass is 10.3. The molecule has 3 nitrogen and oxygen atoms in total. The molecule has 0 aliphatic heterocycles. The Balaban J connectivity index is 3.80. The molecule has 0 aromatic carbocycles. The molecule has 0 atom stereocenters. The molecule has 3 heteroatoms. The topological polar surface area (TPSA) is 35.5 Å². The molecule has 0 spiro atoms. The smallest absolute Gasteiger partial charge is 0.333 e. The van der Waals surface area contributed by atoms with Crippen molar-refractivity contribution < 1.29 is 14.3 Å². The molecular formula is C7H12O3. The van der Waals surface area contributed by atoms with Crippen molar-refractivity contribution in [1.82, 2.24) is 0 Å². The minimum atomic E-state index is -0.308. The Morgan fingerprint density at radius 3 is 2.50 bits per heavy atom. The summed E-state index contributed by atoms with van der Waals surface area (Å²) < 4.78 is 9.17. The van der Waals surface area contributed by atoms with Gasteiger partial charge in [0.15, 0.2) is 0 Å². The molecule has 0 amide bonds. The minimum Gasteiger partial charge on any atom is -0.466 e. The summed E-state index contributed by atoms with van der Waals surface area (Å²) in [6.07, 6.45) is 1.67. The summed E-state index contributed by atoms with van der Waals surface area (Å²) in [5, 5.41) is 0. The largest absolute Gasteiger partial charge is 0.466 e. The first kappa shape index (κ1) is 9.17. The van der Waals surface area contributed by atoms with Crippen LogP contribution in [-0.2, 0) is 14.3 Å². The van der Waals surface area contributed by atoms with Crippen LogP contribution in [0.4, 0.5) is 0 Å². The molecule has 0 saturated carbocycles. The molecule has 10 heavy (non-hydrogen) atoms. The van der Waals surface area contributed by atoms with Crippen LogP contribution in [0.2, 0.25) is 0 Å². The van der Waals surface area contributed by atoms with E-state index < -0.39 is 0 Å². The normalized spacial score (nSPS) is 11.3.